The number of hydrogen-bond acceptors (Lipinski definition) is 7. The summed E-state index contributed by atoms with van der Waals surface area (Å²) >= 11 is 0. The molecule has 1 aliphatic rings. The number of amides is 1. The Kier molecular flexibility index (Phi) is 6.41. The summed E-state index contributed by atoms with van der Waals surface area (Å²) in [6.45, 7) is 4.92. The molecule has 0 saturated carbocycles. The predicted molar refractivity (Wildman–Crippen MR) is 107 cm³/mol. The number of likely N-dealkylation sites (tertiary alicyclic amines) is 1. The highest BCUT2D eigenvalue weighted by Crippen LogP contribution is 2.21. The van der Waals surface area contributed by atoms with Gasteiger partial charge in [0.1, 0.15) is 5.82 Å². The van der Waals surface area contributed by atoms with Crippen LogP contribution in [0.4, 0.5) is 22.2 Å². The van der Waals surface area contributed by atoms with Gasteiger partial charge in [-0.3, -0.25) is 4.79 Å². The number of piperidine rings is 1. The number of hydrogen-bond donors (Lipinski definition) is 2. The van der Waals surface area contributed by atoms with Gasteiger partial charge in [0.05, 0.1) is 12.2 Å². The van der Waals surface area contributed by atoms with Crippen molar-refractivity contribution in [1.29, 1.82) is 0 Å². The lowest BCUT2D eigenvalue weighted by Crippen LogP contribution is -2.42. The van der Waals surface area contributed by atoms with E-state index in [1.165, 1.54) is 13.1 Å². The lowest BCUT2D eigenvalue weighted by molar-refractivity contribution is 0.0981. The van der Waals surface area contributed by atoms with Gasteiger partial charge >= 0.3 is 6.09 Å². The van der Waals surface area contributed by atoms with Crippen LogP contribution in [0.5, 0.6) is 0 Å². The van der Waals surface area contributed by atoms with Crippen molar-refractivity contribution in [3.63, 3.8) is 0 Å². The van der Waals surface area contributed by atoms with Gasteiger partial charge in [0, 0.05) is 31.0 Å². The van der Waals surface area contributed by atoms with Crippen LogP contribution in [0.3, 0.4) is 0 Å². The van der Waals surface area contributed by atoms with E-state index >= 15 is 0 Å². The minimum absolute atomic E-state index is 0.104. The molecular weight excluding hydrogens is 358 g/mol. The third-order valence-corrected chi connectivity index (χ3v) is 4.56. The lowest BCUT2D eigenvalue weighted by atomic mass is 10.1. The van der Waals surface area contributed by atoms with E-state index in [9.17, 15) is 9.59 Å². The van der Waals surface area contributed by atoms with Crippen molar-refractivity contribution in [2.24, 2.45) is 0 Å². The Balaban J connectivity index is 1.67. The van der Waals surface area contributed by atoms with Crippen molar-refractivity contribution in [2.75, 3.05) is 30.3 Å². The van der Waals surface area contributed by atoms with E-state index in [0.29, 0.717) is 37.0 Å². The van der Waals surface area contributed by atoms with Crippen molar-refractivity contribution >= 4 is 29.3 Å². The van der Waals surface area contributed by atoms with Crippen LogP contribution >= 0.6 is 0 Å². The Bertz CT molecular complexity index is 820. The molecule has 0 spiro atoms. The number of anilines is 3. The molecule has 1 fully saturated rings. The highest BCUT2D eigenvalue weighted by atomic mass is 16.6. The molecule has 1 saturated heterocycles. The maximum atomic E-state index is 11.9. The molecule has 1 aromatic carbocycles. The molecule has 148 valence electrons. The molecular formula is C20H25N5O3. The molecule has 0 bridgehead atoms. The molecule has 0 atom stereocenters. The molecule has 28 heavy (non-hydrogen) atoms. The molecule has 1 aliphatic heterocycles. The Labute approximate surface area is 164 Å². The van der Waals surface area contributed by atoms with Crippen molar-refractivity contribution in [3.05, 3.63) is 42.1 Å². The highest BCUT2D eigenvalue weighted by molar-refractivity contribution is 5.99. The fourth-order valence-corrected chi connectivity index (χ4v) is 3.07. The van der Waals surface area contributed by atoms with Crippen molar-refractivity contribution in [2.45, 2.75) is 32.7 Å². The first-order valence-electron chi connectivity index (χ1n) is 9.45. The number of ether oxygens (including phenoxy) is 1. The number of nitrogens with zero attached hydrogens (tertiary/aromatic N) is 3. The van der Waals surface area contributed by atoms with Gasteiger partial charge in [-0.15, -0.1) is 0 Å². The summed E-state index contributed by atoms with van der Waals surface area (Å²) in [5.74, 6) is 0.825. The zero-order chi connectivity index (χ0) is 19.9. The smallest absolute Gasteiger partial charge is 0.409 e. The van der Waals surface area contributed by atoms with E-state index in [1.54, 1.807) is 11.8 Å². The molecule has 0 radical (unpaired) electrons. The van der Waals surface area contributed by atoms with Gasteiger partial charge in [-0.05, 0) is 38.8 Å². The van der Waals surface area contributed by atoms with Crippen molar-refractivity contribution in [3.8, 4) is 0 Å². The number of rotatable bonds is 6. The quantitative estimate of drug-likeness (QED) is 0.738. The first-order valence-corrected chi connectivity index (χ1v) is 9.45. The molecule has 8 nitrogen and oxygen atoms in total. The molecule has 2 heterocycles. The van der Waals surface area contributed by atoms with Crippen molar-refractivity contribution < 1.29 is 14.3 Å². The third-order valence-electron chi connectivity index (χ3n) is 4.56. The zero-order valence-electron chi connectivity index (χ0n) is 16.1. The van der Waals surface area contributed by atoms with Gasteiger partial charge in [-0.2, -0.15) is 4.98 Å². The van der Waals surface area contributed by atoms with E-state index in [1.807, 2.05) is 30.3 Å². The summed E-state index contributed by atoms with van der Waals surface area (Å²) in [6, 6.07) is 9.71. The maximum absolute atomic E-state index is 11.9. The standard InChI is InChI=1S/C20H25N5O3/c1-3-28-20(27)25-11-9-16(10-12-25)23-19-21-13-17(14(2)26)18(24-19)22-15-7-5-4-6-8-15/h4-8,13,16H,3,9-12H2,1-2H3,(H2,21,22,23,24). The zero-order valence-corrected chi connectivity index (χ0v) is 16.1. The Morgan fingerprint density at radius 3 is 2.57 bits per heavy atom. The number of benzene rings is 1. The average molecular weight is 383 g/mol. The van der Waals surface area contributed by atoms with E-state index < -0.39 is 0 Å². The summed E-state index contributed by atoms with van der Waals surface area (Å²) < 4.78 is 5.04. The minimum atomic E-state index is -0.266. The van der Waals surface area contributed by atoms with Crippen LogP contribution in [0.15, 0.2) is 36.5 Å². The fraction of sp³-hybridized carbons (Fsp3) is 0.400. The van der Waals surface area contributed by atoms with Gasteiger partial charge in [0.2, 0.25) is 5.95 Å². The van der Waals surface area contributed by atoms with E-state index in [0.717, 1.165) is 18.5 Å². The third kappa shape index (κ3) is 4.97. The average Bonchev–Trinajstić information content (AvgIpc) is 2.69. The number of nitrogens with one attached hydrogen (secondary N) is 2. The number of Topliss-reactive ketones (excluding diaryl/α,β-unsaturated/α-hetero) is 1. The normalized spacial score (nSPS) is 14.4. The van der Waals surface area contributed by atoms with Crippen LogP contribution in [0.2, 0.25) is 0 Å². The molecule has 1 amide bonds. The number of para-hydroxylation sites is 1. The van der Waals surface area contributed by atoms with Crippen LogP contribution in [0.1, 0.15) is 37.0 Å². The SMILES string of the molecule is CCOC(=O)N1CCC(Nc2ncc(C(C)=O)c(Nc3ccccc3)n2)CC1. The van der Waals surface area contributed by atoms with Crippen LogP contribution in [-0.2, 0) is 4.74 Å². The van der Waals surface area contributed by atoms with E-state index in [-0.39, 0.29) is 17.9 Å². The second kappa shape index (κ2) is 9.16. The van der Waals surface area contributed by atoms with E-state index in [2.05, 4.69) is 20.6 Å². The number of ketones is 1. The summed E-state index contributed by atoms with van der Waals surface area (Å²) in [5, 5.41) is 6.50. The summed E-state index contributed by atoms with van der Waals surface area (Å²) in [6.07, 6.45) is 2.82. The largest absolute Gasteiger partial charge is 0.450 e. The van der Waals surface area contributed by atoms with Gasteiger partial charge < -0.3 is 20.3 Å². The molecule has 8 heteroatoms. The van der Waals surface area contributed by atoms with Crippen LogP contribution < -0.4 is 10.6 Å². The van der Waals surface area contributed by atoms with E-state index in [4.69, 9.17) is 4.74 Å². The minimum Gasteiger partial charge on any atom is -0.450 e. The first-order chi connectivity index (χ1) is 13.6. The van der Waals surface area contributed by atoms with Gasteiger partial charge in [0.25, 0.3) is 0 Å². The lowest BCUT2D eigenvalue weighted by Gasteiger charge is -2.31. The topological polar surface area (TPSA) is 96.5 Å². The number of carbonyl (C=O) groups excluding carboxylic acids is 2. The van der Waals surface area contributed by atoms with Gasteiger partial charge in [-0.25, -0.2) is 9.78 Å². The first kappa shape index (κ1) is 19.6. The molecule has 2 aromatic rings. The molecule has 2 N–H and O–H groups in total. The molecule has 0 aliphatic carbocycles. The maximum Gasteiger partial charge on any atom is 0.409 e. The van der Waals surface area contributed by atoms with Crippen LogP contribution in [-0.4, -0.2) is 52.5 Å². The molecule has 0 unspecified atom stereocenters. The molecule has 1 aromatic heterocycles. The Morgan fingerprint density at radius 2 is 1.93 bits per heavy atom. The molecule has 3 rings (SSSR count). The van der Waals surface area contributed by atoms with Gasteiger partial charge in [0.15, 0.2) is 5.78 Å². The number of carbonyl (C=O) groups is 2. The fourth-order valence-electron chi connectivity index (χ4n) is 3.07. The second-order valence-electron chi connectivity index (χ2n) is 6.61. The Morgan fingerprint density at radius 1 is 1.21 bits per heavy atom. The monoisotopic (exact) mass is 383 g/mol. The predicted octanol–water partition coefficient (Wildman–Crippen LogP) is 3.46. The Hall–Kier alpha value is -3.16. The second-order valence-corrected chi connectivity index (χ2v) is 6.61. The van der Waals surface area contributed by atoms with Gasteiger partial charge in [-0.1, -0.05) is 18.2 Å². The number of aromatic nitrogens is 2. The van der Waals surface area contributed by atoms with Crippen LogP contribution in [0.25, 0.3) is 0 Å². The summed E-state index contributed by atoms with van der Waals surface area (Å²) in [5.41, 5.74) is 1.28. The van der Waals surface area contributed by atoms with Crippen LogP contribution in [0, 0.1) is 0 Å². The summed E-state index contributed by atoms with van der Waals surface area (Å²) in [4.78, 5) is 34.2. The summed E-state index contributed by atoms with van der Waals surface area (Å²) in [7, 11) is 0. The highest BCUT2D eigenvalue weighted by Gasteiger charge is 2.24. The van der Waals surface area contributed by atoms with Crippen molar-refractivity contribution in [1.82, 2.24) is 14.9 Å².